The number of aromatic nitrogens is 4. The largest absolute Gasteiger partial charge is 0.345 e. The summed E-state index contributed by atoms with van der Waals surface area (Å²) in [5.41, 5.74) is 1.36. The molecule has 1 unspecified atom stereocenters. The summed E-state index contributed by atoms with van der Waals surface area (Å²) >= 11 is 14.0. The van der Waals surface area contributed by atoms with E-state index in [1.54, 1.807) is 52.1 Å². The minimum absolute atomic E-state index is 0.0661. The van der Waals surface area contributed by atoms with Gasteiger partial charge in [-0.05, 0) is 62.6 Å². The summed E-state index contributed by atoms with van der Waals surface area (Å²) in [5.74, 6) is -1.52. The van der Waals surface area contributed by atoms with Gasteiger partial charge in [-0.3, -0.25) is 9.52 Å². The normalized spacial score (nSPS) is 12.6. The van der Waals surface area contributed by atoms with Crippen molar-refractivity contribution in [2.75, 3.05) is 29.2 Å². The number of nitrogens with zero attached hydrogens (tertiary/aromatic N) is 6. The van der Waals surface area contributed by atoms with E-state index < -0.39 is 31.9 Å². The van der Waals surface area contributed by atoms with Crippen LogP contribution in [0.1, 0.15) is 54.3 Å². The van der Waals surface area contributed by atoms with Crippen molar-refractivity contribution in [2.45, 2.75) is 56.2 Å². The Morgan fingerprint density at radius 1 is 0.933 bits per heavy atom. The Hall–Kier alpha value is -2.89. The molecule has 18 heteroatoms. The SMILES string of the molecule is CCCc1ccc(S(=O)(=O)N(CC)c2nnc(C(C(=O)N(C)CC)c3nnc(NS(=O)(=O)c4c(C)cc(Cl)cc4Cl)s3)s2)cc1. The molecule has 0 saturated heterocycles. The van der Waals surface area contributed by atoms with Crippen molar-refractivity contribution in [3.63, 3.8) is 0 Å². The van der Waals surface area contributed by atoms with Crippen molar-refractivity contribution in [3.05, 3.63) is 67.6 Å². The smallest absolute Gasteiger partial charge is 0.266 e. The fraction of sp³-hybridized carbons (Fsp3) is 0.370. The third-order valence-corrected chi connectivity index (χ3v) is 12.9. The molecule has 0 aliphatic heterocycles. The second kappa shape index (κ2) is 14.3. The second-order valence-corrected chi connectivity index (χ2v) is 16.2. The van der Waals surface area contributed by atoms with Crippen LogP contribution in [0.15, 0.2) is 46.2 Å². The number of carbonyl (C=O) groups is 1. The summed E-state index contributed by atoms with van der Waals surface area (Å²) in [6.45, 7) is 7.49. The molecule has 1 atom stereocenters. The number of anilines is 2. The molecular weight excluding hydrogens is 702 g/mol. The number of nitrogens with one attached hydrogen (secondary N) is 1. The maximum atomic E-state index is 13.6. The third-order valence-electron chi connectivity index (χ3n) is 6.70. The quantitative estimate of drug-likeness (QED) is 0.185. The zero-order valence-corrected chi connectivity index (χ0v) is 29.8. The van der Waals surface area contributed by atoms with Crippen LogP contribution in [0.2, 0.25) is 10.0 Å². The molecule has 1 N–H and O–H groups in total. The number of likely N-dealkylation sites (N-methyl/N-ethyl adjacent to an activating group) is 1. The van der Waals surface area contributed by atoms with Crippen molar-refractivity contribution in [3.8, 4) is 0 Å². The van der Waals surface area contributed by atoms with Crippen LogP contribution in [0.25, 0.3) is 0 Å². The lowest BCUT2D eigenvalue weighted by Crippen LogP contribution is -2.32. The molecule has 0 fully saturated rings. The summed E-state index contributed by atoms with van der Waals surface area (Å²) in [6, 6.07) is 9.49. The standard InChI is InChI=1S/C27H31Cl2N7O5S4/c1-6-9-17-10-12-19(13-11-17)45(40,41)36(8-3)27-33-31-24(43-27)21(25(37)35(5)7-2)23-30-32-26(42-23)34-44(38,39)22-16(4)14-18(28)15-20(22)29/h10-15,21H,6-9H2,1-5H3,(H,32,34). The zero-order valence-electron chi connectivity index (χ0n) is 25.0. The summed E-state index contributed by atoms with van der Waals surface area (Å²) in [5, 5.41) is 16.9. The Kier molecular flexibility index (Phi) is 11.1. The van der Waals surface area contributed by atoms with Gasteiger partial charge >= 0.3 is 0 Å². The van der Waals surface area contributed by atoms with E-state index in [2.05, 4.69) is 25.1 Å². The maximum Gasteiger partial charge on any atom is 0.266 e. The number of hydrogen-bond donors (Lipinski definition) is 1. The van der Waals surface area contributed by atoms with Gasteiger partial charge in [-0.1, -0.05) is 71.4 Å². The number of rotatable bonds is 13. The monoisotopic (exact) mass is 731 g/mol. The topological polar surface area (TPSA) is 155 Å². The highest BCUT2D eigenvalue weighted by Gasteiger charge is 2.35. The van der Waals surface area contributed by atoms with Gasteiger partial charge in [0, 0.05) is 25.2 Å². The fourth-order valence-electron chi connectivity index (χ4n) is 4.38. The van der Waals surface area contributed by atoms with Crippen molar-refractivity contribution in [1.29, 1.82) is 0 Å². The molecule has 0 saturated carbocycles. The van der Waals surface area contributed by atoms with Crippen LogP contribution < -0.4 is 9.03 Å². The minimum atomic E-state index is -4.20. The molecule has 2 heterocycles. The summed E-state index contributed by atoms with van der Waals surface area (Å²) in [4.78, 5) is 15.0. The molecule has 2 aromatic heterocycles. The van der Waals surface area contributed by atoms with Crippen LogP contribution in [-0.4, -0.2) is 68.2 Å². The van der Waals surface area contributed by atoms with Gasteiger partial charge in [-0.25, -0.2) is 21.1 Å². The van der Waals surface area contributed by atoms with E-state index in [9.17, 15) is 21.6 Å². The molecule has 0 aliphatic carbocycles. The van der Waals surface area contributed by atoms with Gasteiger partial charge in [0.05, 0.1) is 9.92 Å². The zero-order chi connectivity index (χ0) is 33.1. The van der Waals surface area contributed by atoms with Crippen molar-refractivity contribution in [2.24, 2.45) is 0 Å². The van der Waals surface area contributed by atoms with Gasteiger partial charge < -0.3 is 4.90 Å². The van der Waals surface area contributed by atoms with Crippen LogP contribution in [0.4, 0.5) is 10.3 Å². The molecule has 1 amide bonds. The van der Waals surface area contributed by atoms with Crippen molar-refractivity contribution in [1.82, 2.24) is 25.3 Å². The summed E-state index contributed by atoms with van der Waals surface area (Å²) in [7, 11) is -6.58. The highest BCUT2D eigenvalue weighted by molar-refractivity contribution is 7.93. The van der Waals surface area contributed by atoms with Gasteiger partial charge in [-0.15, -0.1) is 20.4 Å². The van der Waals surface area contributed by atoms with Gasteiger partial charge in [0.25, 0.3) is 20.0 Å². The number of carbonyl (C=O) groups excluding carboxylic acids is 1. The van der Waals surface area contributed by atoms with Crippen molar-refractivity contribution >= 4 is 82.1 Å². The molecule has 0 bridgehead atoms. The lowest BCUT2D eigenvalue weighted by Gasteiger charge is -2.20. The average Bonchev–Trinajstić information content (AvgIpc) is 3.62. The molecule has 4 rings (SSSR count). The van der Waals surface area contributed by atoms with Gasteiger partial charge in [-0.2, -0.15) is 0 Å². The van der Waals surface area contributed by atoms with Crippen LogP contribution >= 0.6 is 45.9 Å². The summed E-state index contributed by atoms with van der Waals surface area (Å²) < 4.78 is 57.1. The first kappa shape index (κ1) is 35.0. The lowest BCUT2D eigenvalue weighted by molar-refractivity contribution is -0.130. The Morgan fingerprint density at radius 3 is 2.18 bits per heavy atom. The molecule has 12 nitrogen and oxygen atoms in total. The predicted octanol–water partition coefficient (Wildman–Crippen LogP) is 5.58. The Bertz CT molecular complexity index is 1870. The molecule has 0 spiro atoms. The number of benzene rings is 2. The number of amides is 1. The number of halogens is 2. The maximum absolute atomic E-state index is 13.6. The molecule has 0 radical (unpaired) electrons. The average molecular weight is 733 g/mol. The van der Waals surface area contributed by atoms with Crippen molar-refractivity contribution < 1.29 is 21.6 Å². The predicted molar refractivity (Wildman–Crippen MR) is 178 cm³/mol. The molecule has 242 valence electrons. The van der Waals surface area contributed by atoms with E-state index in [0.717, 1.165) is 45.4 Å². The Labute approximate surface area is 280 Å². The first-order chi connectivity index (χ1) is 21.2. The van der Waals surface area contributed by atoms with Gasteiger partial charge in [0.2, 0.25) is 16.2 Å². The van der Waals surface area contributed by atoms with E-state index in [1.165, 1.54) is 17.0 Å². The van der Waals surface area contributed by atoms with Crippen LogP contribution in [0, 0.1) is 6.92 Å². The van der Waals surface area contributed by atoms with E-state index in [-0.39, 0.29) is 46.7 Å². The Balaban J connectivity index is 1.68. The molecule has 2 aromatic carbocycles. The first-order valence-electron chi connectivity index (χ1n) is 13.7. The van der Waals surface area contributed by atoms with Gasteiger partial charge in [0.1, 0.15) is 20.8 Å². The highest BCUT2D eigenvalue weighted by Crippen LogP contribution is 2.37. The highest BCUT2D eigenvalue weighted by atomic mass is 35.5. The van der Waals surface area contributed by atoms with Crippen LogP contribution in [0.3, 0.4) is 0 Å². The van der Waals surface area contributed by atoms with Crippen LogP contribution in [0.5, 0.6) is 0 Å². The van der Waals surface area contributed by atoms with Gasteiger partial charge in [0.15, 0.2) is 0 Å². The fourth-order valence-corrected chi connectivity index (χ4v) is 10.3. The van der Waals surface area contributed by atoms with Crippen LogP contribution in [-0.2, 0) is 31.3 Å². The molecule has 45 heavy (non-hydrogen) atoms. The lowest BCUT2D eigenvalue weighted by atomic mass is 10.1. The first-order valence-corrected chi connectivity index (χ1v) is 19.1. The van der Waals surface area contributed by atoms with E-state index in [4.69, 9.17) is 23.2 Å². The van der Waals surface area contributed by atoms with E-state index >= 15 is 0 Å². The molecular formula is C27H31Cl2N7O5S4. The second-order valence-electron chi connectivity index (χ2n) is 9.86. The minimum Gasteiger partial charge on any atom is -0.345 e. The number of sulfonamides is 2. The van der Waals surface area contributed by atoms with E-state index in [1.807, 2.05) is 6.92 Å². The molecule has 4 aromatic rings. The number of hydrogen-bond acceptors (Lipinski definition) is 11. The van der Waals surface area contributed by atoms with E-state index in [0.29, 0.717) is 12.1 Å². The Morgan fingerprint density at radius 2 is 1.58 bits per heavy atom. The number of aryl methyl sites for hydroxylation is 2. The summed E-state index contributed by atoms with van der Waals surface area (Å²) in [6.07, 6.45) is 1.77. The molecule has 0 aliphatic rings. The third kappa shape index (κ3) is 7.58.